The Morgan fingerprint density at radius 2 is 2.32 bits per heavy atom. The van der Waals surface area contributed by atoms with Crippen molar-refractivity contribution in [2.24, 2.45) is 0 Å². The summed E-state index contributed by atoms with van der Waals surface area (Å²) in [6.45, 7) is 0.689. The fourth-order valence-corrected chi connectivity index (χ4v) is 3.29. The number of nitrogens with zero attached hydrogens (tertiary/aromatic N) is 1. The number of hydrogen-bond acceptors (Lipinski definition) is 3. The van der Waals surface area contributed by atoms with E-state index in [-0.39, 0.29) is 6.10 Å². The molecule has 1 atom stereocenters. The fraction of sp³-hybridized carbons (Fsp3) is 0.385. The Morgan fingerprint density at radius 3 is 3.00 bits per heavy atom. The molecule has 1 saturated heterocycles. The normalized spacial score (nSPS) is 19.7. The van der Waals surface area contributed by atoms with E-state index in [2.05, 4.69) is 32.8 Å². The van der Waals surface area contributed by atoms with Crippen LogP contribution in [-0.4, -0.2) is 27.9 Å². The summed E-state index contributed by atoms with van der Waals surface area (Å²) in [5.41, 5.74) is 1.94. The predicted octanol–water partition coefficient (Wildman–Crippen LogP) is 3.11. The van der Waals surface area contributed by atoms with Gasteiger partial charge in [-0.25, -0.2) is 4.79 Å². The molecule has 19 heavy (non-hydrogen) atoms. The molecule has 0 amide bonds. The minimum Gasteiger partial charge on any atom is -0.478 e. The Bertz CT molecular complexity index is 632. The summed E-state index contributed by atoms with van der Waals surface area (Å²) in [6, 6.07) is 3.40. The van der Waals surface area contributed by atoms with E-state index in [0.717, 1.165) is 39.4 Å². The van der Waals surface area contributed by atoms with Gasteiger partial charge in [-0.1, -0.05) is 0 Å². The van der Waals surface area contributed by atoms with Gasteiger partial charge in [0, 0.05) is 17.6 Å². The lowest BCUT2D eigenvalue weighted by atomic mass is 9.94. The van der Waals surface area contributed by atoms with Gasteiger partial charge < -0.3 is 9.84 Å². The van der Waals surface area contributed by atoms with Crippen molar-refractivity contribution in [1.29, 1.82) is 0 Å². The number of aromatic carboxylic acids is 1. The quantitative estimate of drug-likeness (QED) is 0.795. The third-order valence-corrected chi connectivity index (χ3v) is 4.24. The molecule has 0 bridgehead atoms. The van der Waals surface area contributed by atoms with E-state index < -0.39 is 5.97 Å². The molecule has 3 rings (SSSR count). The summed E-state index contributed by atoms with van der Waals surface area (Å²) in [7, 11) is 0. The van der Waals surface area contributed by atoms with Crippen LogP contribution < -0.4 is 0 Å². The van der Waals surface area contributed by atoms with Gasteiger partial charge in [0.05, 0.1) is 17.2 Å². The van der Waals surface area contributed by atoms with E-state index in [9.17, 15) is 9.90 Å². The van der Waals surface area contributed by atoms with Gasteiger partial charge in [-0.2, -0.15) is 5.10 Å². The van der Waals surface area contributed by atoms with Crippen LogP contribution in [0.4, 0.5) is 0 Å². The highest BCUT2D eigenvalue weighted by atomic mass is 127. The molecule has 6 heteroatoms. The molecule has 1 aromatic heterocycles. The minimum atomic E-state index is -0.914. The largest absolute Gasteiger partial charge is 0.478 e. The highest BCUT2D eigenvalue weighted by Gasteiger charge is 2.26. The van der Waals surface area contributed by atoms with E-state index in [1.165, 1.54) is 0 Å². The standard InChI is InChI=1S/C13H13IN2O3/c14-12-11-8(15-16-12)5-4-7(13(17)18)10(11)9-3-1-2-6-19-9/h4-5,9H,1-3,6H2,(H,15,16)(H,17,18). The number of aromatic amines is 1. The molecule has 2 heterocycles. The molecule has 1 aliphatic heterocycles. The van der Waals surface area contributed by atoms with Gasteiger partial charge in [-0.15, -0.1) is 0 Å². The van der Waals surface area contributed by atoms with Crippen molar-refractivity contribution < 1.29 is 14.6 Å². The lowest BCUT2D eigenvalue weighted by Crippen LogP contribution is -2.15. The summed E-state index contributed by atoms with van der Waals surface area (Å²) >= 11 is 2.12. The second kappa shape index (κ2) is 5.09. The number of carbonyl (C=O) groups is 1. The van der Waals surface area contributed by atoms with Crippen LogP contribution in [0.3, 0.4) is 0 Å². The van der Waals surface area contributed by atoms with Crippen molar-refractivity contribution in [3.05, 3.63) is 27.0 Å². The molecule has 1 aromatic carbocycles. The monoisotopic (exact) mass is 372 g/mol. The van der Waals surface area contributed by atoms with Crippen molar-refractivity contribution in [3.8, 4) is 0 Å². The molecule has 1 aliphatic rings. The van der Waals surface area contributed by atoms with Crippen LogP contribution in [0.25, 0.3) is 10.9 Å². The Balaban J connectivity index is 2.24. The molecule has 0 saturated carbocycles. The average Bonchev–Trinajstić information content (AvgIpc) is 2.80. The summed E-state index contributed by atoms with van der Waals surface area (Å²) in [5, 5.41) is 17.4. The summed E-state index contributed by atoms with van der Waals surface area (Å²) in [4.78, 5) is 11.5. The van der Waals surface area contributed by atoms with E-state index in [4.69, 9.17) is 4.74 Å². The predicted molar refractivity (Wildman–Crippen MR) is 78.3 cm³/mol. The van der Waals surface area contributed by atoms with Crippen molar-refractivity contribution in [2.45, 2.75) is 25.4 Å². The van der Waals surface area contributed by atoms with Gasteiger partial charge in [-0.05, 0) is 54.0 Å². The zero-order valence-electron chi connectivity index (χ0n) is 10.1. The first-order valence-corrected chi connectivity index (χ1v) is 7.27. The number of nitrogens with one attached hydrogen (secondary N) is 1. The Kier molecular flexibility index (Phi) is 3.44. The molecular weight excluding hydrogens is 359 g/mol. The average molecular weight is 372 g/mol. The van der Waals surface area contributed by atoms with Crippen molar-refractivity contribution in [3.63, 3.8) is 0 Å². The Morgan fingerprint density at radius 1 is 1.47 bits per heavy atom. The van der Waals surface area contributed by atoms with Gasteiger partial charge in [0.25, 0.3) is 0 Å². The minimum absolute atomic E-state index is 0.144. The van der Waals surface area contributed by atoms with Gasteiger partial charge in [0.2, 0.25) is 0 Å². The van der Waals surface area contributed by atoms with Crippen LogP contribution in [0.5, 0.6) is 0 Å². The molecule has 2 N–H and O–H groups in total. The maximum Gasteiger partial charge on any atom is 0.336 e. The van der Waals surface area contributed by atoms with Crippen LogP contribution >= 0.6 is 22.6 Å². The van der Waals surface area contributed by atoms with Crippen LogP contribution in [0, 0.1) is 3.70 Å². The zero-order chi connectivity index (χ0) is 13.4. The second-order valence-corrected chi connectivity index (χ2v) is 5.65. The number of carboxylic acids is 1. The first-order valence-electron chi connectivity index (χ1n) is 6.20. The van der Waals surface area contributed by atoms with E-state index in [0.29, 0.717) is 12.2 Å². The molecule has 2 aromatic rings. The number of aromatic nitrogens is 2. The first-order chi connectivity index (χ1) is 9.18. The Labute approximate surface area is 123 Å². The lowest BCUT2D eigenvalue weighted by Gasteiger charge is -2.24. The maximum atomic E-state index is 11.5. The SMILES string of the molecule is O=C(O)c1ccc2[nH]nc(I)c2c1C1CCCCO1. The third kappa shape index (κ3) is 2.23. The molecule has 1 fully saturated rings. The molecule has 0 spiro atoms. The number of rotatable bonds is 2. The van der Waals surface area contributed by atoms with E-state index in [1.54, 1.807) is 12.1 Å². The number of fused-ring (bicyclic) bond motifs is 1. The van der Waals surface area contributed by atoms with Crippen LogP contribution in [0.2, 0.25) is 0 Å². The van der Waals surface area contributed by atoms with Gasteiger partial charge >= 0.3 is 5.97 Å². The first kappa shape index (κ1) is 12.9. The number of ether oxygens (including phenoxy) is 1. The smallest absolute Gasteiger partial charge is 0.336 e. The molecule has 100 valence electrons. The van der Waals surface area contributed by atoms with Gasteiger partial charge in [-0.3, -0.25) is 5.10 Å². The highest BCUT2D eigenvalue weighted by Crippen LogP contribution is 2.36. The van der Waals surface area contributed by atoms with Crippen LogP contribution in [0.1, 0.15) is 41.3 Å². The number of hydrogen-bond donors (Lipinski definition) is 2. The molecule has 5 nitrogen and oxygen atoms in total. The lowest BCUT2D eigenvalue weighted by molar-refractivity contribution is 0.0148. The summed E-state index contributed by atoms with van der Waals surface area (Å²) in [5.74, 6) is -0.914. The number of benzene rings is 1. The topological polar surface area (TPSA) is 75.2 Å². The zero-order valence-corrected chi connectivity index (χ0v) is 12.3. The summed E-state index contributed by atoms with van der Waals surface area (Å²) < 4.78 is 6.57. The number of halogens is 1. The van der Waals surface area contributed by atoms with Gasteiger partial charge in [0.1, 0.15) is 3.70 Å². The number of carboxylic acid groups (broad SMARTS) is 1. The maximum absolute atomic E-state index is 11.5. The fourth-order valence-electron chi connectivity index (χ4n) is 2.59. The highest BCUT2D eigenvalue weighted by molar-refractivity contribution is 14.1. The molecule has 1 unspecified atom stereocenters. The molecular formula is C13H13IN2O3. The molecule has 0 aliphatic carbocycles. The second-order valence-electron chi connectivity index (χ2n) is 4.62. The van der Waals surface area contributed by atoms with Crippen LogP contribution in [0.15, 0.2) is 12.1 Å². The van der Waals surface area contributed by atoms with Crippen LogP contribution in [-0.2, 0) is 4.74 Å². The van der Waals surface area contributed by atoms with E-state index in [1.807, 2.05) is 0 Å². The third-order valence-electron chi connectivity index (χ3n) is 3.46. The number of H-pyrrole nitrogens is 1. The van der Waals surface area contributed by atoms with Crippen molar-refractivity contribution in [2.75, 3.05) is 6.61 Å². The van der Waals surface area contributed by atoms with E-state index >= 15 is 0 Å². The Hall–Kier alpha value is -1.15. The van der Waals surface area contributed by atoms with Crippen molar-refractivity contribution in [1.82, 2.24) is 10.2 Å². The molecule has 0 radical (unpaired) electrons. The summed E-state index contributed by atoms with van der Waals surface area (Å²) in [6.07, 6.45) is 2.82. The van der Waals surface area contributed by atoms with Crippen molar-refractivity contribution >= 4 is 39.5 Å². The van der Waals surface area contributed by atoms with Gasteiger partial charge in [0.15, 0.2) is 0 Å².